The van der Waals surface area contributed by atoms with Gasteiger partial charge in [-0.25, -0.2) is 9.18 Å². The third-order valence-electron chi connectivity index (χ3n) is 5.32. The third kappa shape index (κ3) is 7.34. The lowest BCUT2D eigenvalue weighted by atomic mass is 9.72. The minimum Gasteiger partial charge on any atom is -0.444 e. The number of benzene rings is 1. The Labute approximate surface area is 175 Å². The van der Waals surface area contributed by atoms with Crippen LogP contribution in [0.3, 0.4) is 0 Å². The maximum atomic E-state index is 14.7. The molecule has 0 aliphatic heterocycles. The maximum Gasteiger partial charge on any atom is 0.407 e. The fourth-order valence-corrected chi connectivity index (χ4v) is 3.83. The van der Waals surface area contributed by atoms with Gasteiger partial charge in [-0.05, 0) is 75.1 Å². The Hall–Kier alpha value is -2.10. The average molecular weight is 402 g/mol. The molecule has 160 valence electrons. The number of halogens is 1. The molecule has 1 N–H and O–H groups in total. The quantitative estimate of drug-likeness (QED) is 0.549. The lowest BCUT2D eigenvalue weighted by Crippen LogP contribution is -2.33. The van der Waals surface area contributed by atoms with Gasteiger partial charge in [0, 0.05) is 13.0 Å². The fourth-order valence-electron chi connectivity index (χ4n) is 3.83. The molecule has 2 rings (SSSR count). The molecular formula is C25H36FNO2. The second-order valence-corrected chi connectivity index (χ2v) is 9.62. The predicted molar refractivity (Wildman–Crippen MR) is 119 cm³/mol. The van der Waals surface area contributed by atoms with Gasteiger partial charge in [0.15, 0.2) is 0 Å². The van der Waals surface area contributed by atoms with Gasteiger partial charge in [0.05, 0.1) is 0 Å². The molecule has 0 fully saturated rings. The van der Waals surface area contributed by atoms with Crippen molar-refractivity contribution in [1.82, 2.24) is 5.32 Å². The molecule has 1 amide bonds. The summed E-state index contributed by atoms with van der Waals surface area (Å²) in [6.07, 6.45) is 6.44. The molecule has 1 aromatic carbocycles. The van der Waals surface area contributed by atoms with Crippen molar-refractivity contribution in [2.45, 2.75) is 79.0 Å². The van der Waals surface area contributed by atoms with Crippen LogP contribution in [0, 0.1) is 5.41 Å². The largest absolute Gasteiger partial charge is 0.444 e. The zero-order valence-corrected chi connectivity index (χ0v) is 18.8. The Bertz CT molecular complexity index is 771. The highest BCUT2D eigenvalue weighted by Gasteiger charge is 2.26. The van der Waals surface area contributed by atoms with Crippen LogP contribution in [0.25, 0.3) is 6.08 Å². The van der Waals surface area contributed by atoms with E-state index in [-0.39, 0.29) is 18.4 Å². The van der Waals surface area contributed by atoms with Crippen LogP contribution in [0.5, 0.6) is 0 Å². The molecule has 0 saturated carbocycles. The van der Waals surface area contributed by atoms with Crippen molar-refractivity contribution in [3.05, 3.63) is 52.6 Å². The lowest BCUT2D eigenvalue weighted by molar-refractivity contribution is 0.0524. The first-order chi connectivity index (χ1) is 13.5. The first-order valence-electron chi connectivity index (χ1n) is 10.6. The number of amides is 1. The molecule has 1 aromatic rings. The number of rotatable bonds is 6. The molecule has 29 heavy (non-hydrogen) atoms. The topological polar surface area (TPSA) is 38.3 Å². The Kier molecular flexibility index (Phi) is 7.67. The van der Waals surface area contributed by atoms with Crippen molar-refractivity contribution < 1.29 is 13.9 Å². The van der Waals surface area contributed by atoms with E-state index in [4.69, 9.17) is 4.74 Å². The van der Waals surface area contributed by atoms with Gasteiger partial charge in [-0.3, -0.25) is 0 Å². The highest BCUT2D eigenvalue weighted by molar-refractivity contribution is 5.67. The highest BCUT2D eigenvalue weighted by atomic mass is 19.1. The summed E-state index contributed by atoms with van der Waals surface area (Å²) in [7, 11) is 0. The second-order valence-electron chi connectivity index (χ2n) is 9.62. The van der Waals surface area contributed by atoms with E-state index in [0.717, 1.165) is 12.0 Å². The Morgan fingerprint density at radius 2 is 2.03 bits per heavy atom. The van der Waals surface area contributed by atoms with Crippen molar-refractivity contribution in [2.75, 3.05) is 6.54 Å². The molecule has 1 aliphatic rings. The molecule has 0 spiro atoms. The van der Waals surface area contributed by atoms with Gasteiger partial charge in [-0.1, -0.05) is 49.8 Å². The molecule has 0 radical (unpaired) electrons. The maximum absolute atomic E-state index is 14.7. The fraction of sp³-hybridized carbons (Fsp3) is 0.560. The molecular weight excluding hydrogens is 365 g/mol. The van der Waals surface area contributed by atoms with Crippen LogP contribution in [-0.4, -0.2) is 18.2 Å². The highest BCUT2D eigenvalue weighted by Crippen LogP contribution is 2.41. The molecule has 1 unspecified atom stereocenters. The minimum atomic E-state index is -1.13. The number of nitrogens with one attached hydrogen (secondary N) is 1. The molecule has 0 aromatic heterocycles. The average Bonchev–Trinajstić information content (AvgIpc) is 2.59. The van der Waals surface area contributed by atoms with Crippen LogP contribution in [0.1, 0.15) is 84.5 Å². The molecule has 0 heterocycles. The summed E-state index contributed by atoms with van der Waals surface area (Å²) in [6, 6.07) is 7.57. The van der Waals surface area contributed by atoms with Crippen LogP contribution in [0.4, 0.5) is 9.18 Å². The van der Waals surface area contributed by atoms with E-state index in [1.54, 1.807) is 26.8 Å². The van der Waals surface area contributed by atoms with Crippen LogP contribution in [0.15, 0.2) is 41.5 Å². The minimum absolute atomic E-state index is 0.187. The lowest BCUT2D eigenvalue weighted by Gasteiger charge is -2.32. The molecule has 3 nitrogen and oxygen atoms in total. The molecule has 0 saturated heterocycles. The number of allylic oxidation sites excluding steroid dienone is 3. The molecule has 1 aliphatic carbocycles. The summed E-state index contributed by atoms with van der Waals surface area (Å²) in [6.45, 7) is 12.4. The molecule has 0 bridgehead atoms. The second kappa shape index (κ2) is 9.60. The van der Waals surface area contributed by atoms with Gasteiger partial charge in [-0.2, -0.15) is 0 Å². The van der Waals surface area contributed by atoms with Gasteiger partial charge < -0.3 is 10.1 Å². The van der Waals surface area contributed by atoms with Crippen molar-refractivity contribution in [1.29, 1.82) is 0 Å². The van der Waals surface area contributed by atoms with Crippen molar-refractivity contribution in [2.24, 2.45) is 5.41 Å². The smallest absolute Gasteiger partial charge is 0.407 e. The van der Waals surface area contributed by atoms with E-state index < -0.39 is 17.9 Å². The Balaban J connectivity index is 1.97. The Morgan fingerprint density at radius 1 is 1.31 bits per heavy atom. The van der Waals surface area contributed by atoms with E-state index in [9.17, 15) is 9.18 Å². The number of carbonyl (C=O) groups is 1. The van der Waals surface area contributed by atoms with Gasteiger partial charge in [0.2, 0.25) is 0 Å². The van der Waals surface area contributed by atoms with E-state index in [1.165, 1.54) is 24.0 Å². The normalized spacial score (nSPS) is 18.0. The number of carbonyl (C=O) groups excluding carboxylic acids is 1. The van der Waals surface area contributed by atoms with Crippen LogP contribution in [0.2, 0.25) is 0 Å². The summed E-state index contributed by atoms with van der Waals surface area (Å²) < 4.78 is 19.8. The SMILES string of the molecule is CC1=C(/C=C/c2cccc(C(F)CCNC(=O)OC(C)(C)C)c2)C(C)(C)CCC1. The van der Waals surface area contributed by atoms with Gasteiger partial charge in [-0.15, -0.1) is 0 Å². The standard InChI is InChI=1S/C25H36FNO2/c1-18-9-8-15-25(5,6)21(18)13-12-19-10-7-11-20(17-19)22(26)14-16-27-23(28)29-24(2,3)4/h7,10-13,17,22H,8-9,14-16H2,1-6H3,(H,27,28)/b13-12+. The van der Waals surface area contributed by atoms with Crippen LogP contribution in [-0.2, 0) is 4.74 Å². The van der Waals surface area contributed by atoms with Crippen molar-refractivity contribution in [3.8, 4) is 0 Å². The van der Waals surface area contributed by atoms with E-state index in [1.807, 2.05) is 18.2 Å². The monoisotopic (exact) mass is 401 g/mol. The Morgan fingerprint density at radius 3 is 2.69 bits per heavy atom. The number of hydrogen-bond acceptors (Lipinski definition) is 2. The first kappa shape index (κ1) is 23.2. The number of hydrogen-bond donors (Lipinski definition) is 1. The van der Waals surface area contributed by atoms with Gasteiger partial charge >= 0.3 is 6.09 Å². The summed E-state index contributed by atoms with van der Waals surface area (Å²) in [4.78, 5) is 11.7. The van der Waals surface area contributed by atoms with E-state index in [0.29, 0.717) is 5.56 Å². The summed E-state index contributed by atoms with van der Waals surface area (Å²) in [5.74, 6) is 0. The van der Waals surface area contributed by atoms with Crippen molar-refractivity contribution >= 4 is 12.2 Å². The zero-order chi connectivity index (χ0) is 21.7. The number of ether oxygens (including phenoxy) is 1. The van der Waals surface area contributed by atoms with Gasteiger partial charge in [0.25, 0.3) is 0 Å². The van der Waals surface area contributed by atoms with E-state index in [2.05, 4.69) is 38.2 Å². The summed E-state index contributed by atoms with van der Waals surface area (Å²) in [5, 5.41) is 2.62. The number of alkyl carbamates (subject to hydrolysis) is 1. The predicted octanol–water partition coefficient (Wildman–Crippen LogP) is 7.15. The van der Waals surface area contributed by atoms with E-state index >= 15 is 0 Å². The number of alkyl halides is 1. The summed E-state index contributed by atoms with van der Waals surface area (Å²) in [5.41, 5.74) is 4.10. The van der Waals surface area contributed by atoms with Gasteiger partial charge in [0.1, 0.15) is 11.8 Å². The van der Waals surface area contributed by atoms with Crippen LogP contribution < -0.4 is 5.32 Å². The first-order valence-corrected chi connectivity index (χ1v) is 10.6. The zero-order valence-electron chi connectivity index (χ0n) is 18.8. The third-order valence-corrected chi connectivity index (χ3v) is 5.32. The summed E-state index contributed by atoms with van der Waals surface area (Å²) >= 11 is 0. The molecule has 1 atom stereocenters. The molecule has 4 heteroatoms. The van der Waals surface area contributed by atoms with Crippen molar-refractivity contribution in [3.63, 3.8) is 0 Å². The van der Waals surface area contributed by atoms with Crippen LogP contribution >= 0.6 is 0 Å².